The highest BCUT2D eigenvalue weighted by molar-refractivity contribution is 7.50. The molecule has 0 spiro atoms. The zero-order chi connectivity index (χ0) is 37.9. The molecular formula is C47H98NO3P. The van der Waals surface area contributed by atoms with Gasteiger partial charge in [0.1, 0.15) is 0 Å². The van der Waals surface area contributed by atoms with Crippen LogP contribution in [0.3, 0.4) is 0 Å². The van der Waals surface area contributed by atoms with Crippen LogP contribution in [-0.2, 0) is 9.09 Å². The fraction of sp³-hybridized carbons (Fsp3) is 1.00. The molecule has 0 radical (unpaired) electrons. The number of hydrogen-bond acceptors (Lipinski definition) is 2. The van der Waals surface area contributed by atoms with E-state index in [0.717, 1.165) is 38.5 Å². The zero-order valence-electron chi connectivity index (χ0n) is 36.3. The van der Waals surface area contributed by atoms with Gasteiger partial charge in [-0.3, -0.25) is 4.52 Å². The van der Waals surface area contributed by atoms with E-state index in [1.807, 2.05) is 4.67 Å². The molecule has 0 aromatic rings. The second kappa shape index (κ2) is 43.8. The van der Waals surface area contributed by atoms with Crippen LogP contribution >= 0.6 is 7.75 Å². The van der Waals surface area contributed by atoms with Gasteiger partial charge in [-0.1, -0.05) is 265 Å². The zero-order valence-corrected chi connectivity index (χ0v) is 37.2. The summed E-state index contributed by atoms with van der Waals surface area (Å²) in [5.41, 5.74) is 0. The first-order chi connectivity index (χ1) is 25.6. The summed E-state index contributed by atoms with van der Waals surface area (Å²) in [6.45, 7) is 8.61. The predicted molar refractivity (Wildman–Crippen MR) is 234 cm³/mol. The summed E-state index contributed by atoms with van der Waals surface area (Å²) < 4.78 is 20.8. The Morgan fingerprint density at radius 2 is 0.519 bits per heavy atom. The predicted octanol–water partition coefficient (Wildman–Crippen LogP) is 17.5. The van der Waals surface area contributed by atoms with Crippen molar-refractivity contribution in [1.82, 2.24) is 4.67 Å². The fourth-order valence-corrected chi connectivity index (χ4v) is 9.05. The minimum absolute atomic E-state index is 0.409. The summed E-state index contributed by atoms with van der Waals surface area (Å²) in [6, 6.07) is 0. The highest BCUT2D eigenvalue weighted by atomic mass is 31.2. The van der Waals surface area contributed by atoms with Gasteiger partial charge in [-0.2, -0.15) is 0 Å². The molecule has 0 aromatic heterocycles. The molecule has 0 heterocycles. The van der Waals surface area contributed by atoms with Gasteiger partial charge in [0.25, 0.3) is 0 Å². The first kappa shape index (κ1) is 52.1. The molecule has 1 N–H and O–H groups in total. The number of unbranched alkanes of at least 4 members (excludes halogenated alkanes) is 38. The Hall–Kier alpha value is 0.110. The lowest BCUT2D eigenvalue weighted by atomic mass is 10.0. The minimum Gasteiger partial charge on any atom is -0.312 e. The van der Waals surface area contributed by atoms with Crippen LogP contribution < -0.4 is 0 Å². The second-order valence-corrected chi connectivity index (χ2v) is 18.5. The topological polar surface area (TPSA) is 49.8 Å². The third-order valence-corrected chi connectivity index (χ3v) is 13.0. The maximum absolute atomic E-state index is 13.3. The van der Waals surface area contributed by atoms with Gasteiger partial charge in [-0.15, -0.1) is 0 Å². The lowest BCUT2D eigenvalue weighted by molar-refractivity contribution is 0.194. The third-order valence-electron chi connectivity index (χ3n) is 11.4. The van der Waals surface area contributed by atoms with E-state index in [1.165, 1.54) is 225 Å². The van der Waals surface area contributed by atoms with Gasteiger partial charge < -0.3 is 4.89 Å². The molecule has 0 fully saturated rings. The molecule has 0 aliphatic rings. The van der Waals surface area contributed by atoms with Crippen LogP contribution in [0.4, 0.5) is 0 Å². The average Bonchev–Trinajstić information content (AvgIpc) is 3.14. The molecule has 0 rings (SSSR count). The standard InChI is InChI=1S/C47H98NO3P/c1-4-7-10-13-15-17-19-21-23-25-27-29-31-33-35-37-39-42-45-48(52(49,50)51-47-44-41-12-9-6-3)46-43-40-38-36-34-32-30-28-26-24-22-20-18-16-14-11-8-5-2/h4-47H2,1-3H3,(H,49,50). The SMILES string of the molecule is CCCCCCCCCCCCCCCCCCCCN(CCCCCCCCCCCCCCCCCCCC)P(=O)(O)OCCCCCCC. The van der Waals surface area contributed by atoms with Crippen molar-refractivity contribution in [2.75, 3.05) is 19.7 Å². The van der Waals surface area contributed by atoms with E-state index < -0.39 is 7.75 Å². The molecule has 0 bridgehead atoms. The minimum atomic E-state index is -3.71. The van der Waals surface area contributed by atoms with E-state index in [4.69, 9.17) is 4.52 Å². The largest absolute Gasteiger partial charge is 0.405 e. The van der Waals surface area contributed by atoms with E-state index in [0.29, 0.717) is 19.7 Å². The Kier molecular flexibility index (Phi) is 43.9. The molecule has 314 valence electrons. The van der Waals surface area contributed by atoms with Gasteiger partial charge in [-0.05, 0) is 19.3 Å². The Balaban J connectivity index is 3.99. The normalized spacial score (nSPS) is 13.0. The molecular weight excluding hydrogens is 657 g/mol. The fourth-order valence-electron chi connectivity index (χ4n) is 7.73. The van der Waals surface area contributed by atoms with Crippen LogP contribution in [0.2, 0.25) is 0 Å². The molecule has 1 atom stereocenters. The Bertz CT molecular complexity index is 664. The van der Waals surface area contributed by atoms with Crippen LogP contribution in [0.5, 0.6) is 0 Å². The number of rotatable bonds is 46. The van der Waals surface area contributed by atoms with Crippen molar-refractivity contribution >= 4 is 7.75 Å². The molecule has 0 amide bonds. The molecule has 0 saturated carbocycles. The summed E-state index contributed by atoms with van der Waals surface area (Å²) in [7, 11) is -3.71. The van der Waals surface area contributed by atoms with E-state index in [1.54, 1.807) is 0 Å². The van der Waals surface area contributed by atoms with Crippen LogP contribution in [0, 0.1) is 0 Å². The molecule has 4 nitrogen and oxygen atoms in total. The smallest absolute Gasteiger partial charge is 0.312 e. The molecule has 1 unspecified atom stereocenters. The second-order valence-electron chi connectivity index (χ2n) is 16.7. The van der Waals surface area contributed by atoms with Gasteiger partial charge in [0.15, 0.2) is 0 Å². The maximum Gasteiger partial charge on any atom is 0.405 e. The van der Waals surface area contributed by atoms with Crippen LogP contribution in [0.25, 0.3) is 0 Å². The molecule has 0 saturated heterocycles. The summed E-state index contributed by atoms with van der Waals surface area (Å²) in [5.74, 6) is 0. The van der Waals surface area contributed by atoms with E-state index in [-0.39, 0.29) is 0 Å². The molecule has 52 heavy (non-hydrogen) atoms. The average molecular weight is 756 g/mol. The van der Waals surface area contributed by atoms with Crippen LogP contribution in [0.1, 0.15) is 284 Å². The van der Waals surface area contributed by atoms with Crippen LogP contribution in [-0.4, -0.2) is 29.3 Å². The summed E-state index contributed by atoms with van der Waals surface area (Å²) in [5, 5.41) is 0. The maximum atomic E-state index is 13.3. The van der Waals surface area contributed by atoms with Crippen molar-refractivity contribution in [3.63, 3.8) is 0 Å². The molecule has 0 aliphatic carbocycles. The van der Waals surface area contributed by atoms with Crippen molar-refractivity contribution in [2.45, 2.75) is 284 Å². The van der Waals surface area contributed by atoms with Crippen molar-refractivity contribution in [2.24, 2.45) is 0 Å². The highest BCUT2D eigenvalue weighted by Crippen LogP contribution is 2.47. The summed E-state index contributed by atoms with van der Waals surface area (Å²) in [6.07, 6.45) is 54.7. The number of nitrogens with zero attached hydrogens (tertiary/aromatic N) is 1. The Morgan fingerprint density at radius 3 is 0.750 bits per heavy atom. The Labute approximate surface area is 329 Å². The number of hydrogen-bond donors (Lipinski definition) is 1. The first-order valence-corrected chi connectivity index (χ1v) is 25.8. The molecule has 5 heteroatoms. The lowest BCUT2D eigenvalue weighted by Gasteiger charge is -2.26. The van der Waals surface area contributed by atoms with Crippen molar-refractivity contribution in [3.05, 3.63) is 0 Å². The van der Waals surface area contributed by atoms with Gasteiger partial charge in [-0.25, -0.2) is 9.24 Å². The van der Waals surface area contributed by atoms with E-state index in [2.05, 4.69) is 20.8 Å². The third kappa shape index (κ3) is 39.8. The van der Waals surface area contributed by atoms with Crippen molar-refractivity contribution in [1.29, 1.82) is 0 Å². The lowest BCUT2D eigenvalue weighted by Crippen LogP contribution is -2.24. The van der Waals surface area contributed by atoms with Crippen molar-refractivity contribution in [3.8, 4) is 0 Å². The highest BCUT2D eigenvalue weighted by Gasteiger charge is 2.28. The van der Waals surface area contributed by atoms with Crippen molar-refractivity contribution < 1.29 is 14.0 Å². The summed E-state index contributed by atoms with van der Waals surface area (Å²) >= 11 is 0. The monoisotopic (exact) mass is 756 g/mol. The van der Waals surface area contributed by atoms with Crippen LogP contribution in [0.15, 0.2) is 0 Å². The van der Waals surface area contributed by atoms with E-state index in [9.17, 15) is 9.46 Å². The van der Waals surface area contributed by atoms with Gasteiger partial charge in [0, 0.05) is 13.1 Å². The van der Waals surface area contributed by atoms with Gasteiger partial charge in [0.2, 0.25) is 0 Å². The van der Waals surface area contributed by atoms with Gasteiger partial charge >= 0.3 is 7.75 Å². The van der Waals surface area contributed by atoms with Gasteiger partial charge in [0.05, 0.1) is 6.61 Å². The quantitative estimate of drug-likeness (QED) is 0.0496. The first-order valence-electron chi connectivity index (χ1n) is 24.3. The summed E-state index contributed by atoms with van der Waals surface area (Å²) in [4.78, 5) is 10.9. The molecule has 0 aliphatic heterocycles. The molecule has 0 aromatic carbocycles. The van der Waals surface area contributed by atoms with E-state index >= 15 is 0 Å². The Morgan fingerprint density at radius 1 is 0.327 bits per heavy atom.